The number of carbonyl (C=O) groups is 1. The number of rotatable bonds is 5. The number of pyridine rings is 1. The third kappa shape index (κ3) is 5.21. The van der Waals surface area contributed by atoms with Gasteiger partial charge in [-0.15, -0.1) is 11.3 Å². The number of nitriles is 1. The Morgan fingerprint density at radius 3 is 2.65 bits per heavy atom. The van der Waals surface area contributed by atoms with E-state index in [4.69, 9.17) is 14.5 Å². The Bertz CT molecular complexity index is 1930. The van der Waals surface area contributed by atoms with Gasteiger partial charge in [-0.25, -0.2) is 23.5 Å². The summed E-state index contributed by atoms with van der Waals surface area (Å²) in [6.07, 6.45) is 2.83. The molecule has 0 radical (unpaired) electrons. The van der Waals surface area contributed by atoms with Crippen molar-refractivity contribution in [1.29, 1.82) is 5.26 Å². The first-order chi connectivity index (χ1) is 21.9. The van der Waals surface area contributed by atoms with Crippen LogP contribution in [0.2, 0.25) is 0 Å². The molecule has 6 heterocycles. The van der Waals surface area contributed by atoms with Gasteiger partial charge in [-0.1, -0.05) is 0 Å². The standard InChI is InChI=1S/C32H34F2N8O3S/c1-32(2,3)45-31(43)39-29-18(8-35)24-27(36-10-22(33)28(24)46-29)23-21-15-44-14-20(21)19-9-37-30(38-26(19)25(23)34)41-7-6-16(11-41)42-12-17(13-42)40(4)5/h9-10,16-17H,6-7,11-15H2,1-5H3,(H,39,43)/t16-/m1/s1. The maximum atomic E-state index is 16.9. The predicted molar refractivity (Wildman–Crippen MR) is 171 cm³/mol. The quantitative estimate of drug-likeness (QED) is 0.307. The van der Waals surface area contributed by atoms with Crippen molar-refractivity contribution in [2.75, 3.05) is 50.5 Å². The third-order valence-electron chi connectivity index (χ3n) is 8.90. The highest BCUT2D eigenvalue weighted by Crippen LogP contribution is 2.46. The molecule has 4 aromatic rings. The number of carbonyl (C=O) groups excluding carboxylic acids is 1. The van der Waals surface area contributed by atoms with E-state index in [9.17, 15) is 10.1 Å². The van der Waals surface area contributed by atoms with Gasteiger partial charge in [-0.05, 0) is 52.4 Å². The van der Waals surface area contributed by atoms with Crippen LogP contribution in [0, 0.1) is 23.0 Å². The lowest BCUT2D eigenvalue weighted by atomic mass is 9.94. The van der Waals surface area contributed by atoms with E-state index in [0.29, 0.717) is 29.0 Å². The molecule has 1 atom stereocenters. The van der Waals surface area contributed by atoms with Crippen molar-refractivity contribution in [2.24, 2.45) is 0 Å². The monoisotopic (exact) mass is 648 g/mol. The highest BCUT2D eigenvalue weighted by molar-refractivity contribution is 7.23. The van der Waals surface area contributed by atoms with Crippen LogP contribution in [0.15, 0.2) is 12.4 Å². The lowest BCUT2D eigenvalue weighted by molar-refractivity contribution is 0.0342. The van der Waals surface area contributed by atoms with Crippen molar-refractivity contribution < 1.29 is 23.0 Å². The Hall–Kier alpha value is -4.03. The van der Waals surface area contributed by atoms with Crippen LogP contribution in [0.25, 0.3) is 32.2 Å². The SMILES string of the molecule is CN(C)C1CN([C@@H]2CCN(c3ncc4c5c(c(-c6ncc(F)c7sc(NC(=O)OC(C)(C)C)c(C#N)c67)c(F)c4n3)COC5)C2)C1. The summed E-state index contributed by atoms with van der Waals surface area (Å²) in [6.45, 7) is 9.01. The first kappa shape index (κ1) is 30.6. The lowest BCUT2D eigenvalue weighted by Gasteiger charge is -2.46. The second-order valence-electron chi connectivity index (χ2n) is 13.2. The van der Waals surface area contributed by atoms with Gasteiger partial charge in [0.05, 0.1) is 35.4 Å². The highest BCUT2D eigenvalue weighted by atomic mass is 32.1. The molecule has 3 aromatic heterocycles. The van der Waals surface area contributed by atoms with Gasteiger partial charge in [-0.3, -0.25) is 15.2 Å². The molecule has 0 aliphatic carbocycles. The molecule has 11 nitrogen and oxygen atoms in total. The Morgan fingerprint density at radius 2 is 1.93 bits per heavy atom. The molecule has 2 saturated heterocycles. The van der Waals surface area contributed by atoms with Crippen molar-refractivity contribution in [1.82, 2.24) is 24.8 Å². The minimum absolute atomic E-state index is 0.0333. The number of hydrogen-bond donors (Lipinski definition) is 1. The van der Waals surface area contributed by atoms with Gasteiger partial charge >= 0.3 is 6.09 Å². The number of fused-ring (bicyclic) bond motifs is 4. The molecule has 2 fully saturated rings. The smallest absolute Gasteiger partial charge is 0.412 e. The number of halogens is 2. The Kier molecular flexibility index (Phi) is 7.55. The fourth-order valence-electron chi connectivity index (χ4n) is 6.49. The van der Waals surface area contributed by atoms with E-state index in [1.165, 1.54) is 0 Å². The number of nitrogens with one attached hydrogen (secondary N) is 1. The average Bonchev–Trinajstić information content (AvgIpc) is 3.71. The second-order valence-corrected chi connectivity index (χ2v) is 14.3. The lowest BCUT2D eigenvalue weighted by Crippen LogP contribution is -2.61. The topological polar surface area (TPSA) is 120 Å². The number of ether oxygens (including phenoxy) is 2. The summed E-state index contributed by atoms with van der Waals surface area (Å²) in [6, 6.07) is 3.01. The summed E-state index contributed by atoms with van der Waals surface area (Å²) >= 11 is 0.869. The van der Waals surface area contributed by atoms with Crippen LogP contribution < -0.4 is 10.2 Å². The zero-order chi connectivity index (χ0) is 32.5. The van der Waals surface area contributed by atoms with Gasteiger partial charge in [0.25, 0.3) is 0 Å². The van der Waals surface area contributed by atoms with Crippen LogP contribution in [0.5, 0.6) is 0 Å². The maximum absolute atomic E-state index is 16.9. The molecule has 1 amide bonds. The third-order valence-corrected chi connectivity index (χ3v) is 10.0. The molecule has 7 rings (SSSR count). The zero-order valence-corrected chi connectivity index (χ0v) is 27.1. The second kappa shape index (κ2) is 11.3. The number of likely N-dealkylation sites (tertiary alicyclic amines) is 1. The van der Waals surface area contributed by atoms with Crippen LogP contribution in [-0.2, 0) is 22.7 Å². The van der Waals surface area contributed by atoms with Crippen molar-refractivity contribution in [2.45, 2.75) is 58.1 Å². The minimum Gasteiger partial charge on any atom is -0.444 e. The van der Waals surface area contributed by atoms with E-state index >= 15 is 8.78 Å². The average molecular weight is 649 g/mol. The summed E-state index contributed by atoms with van der Waals surface area (Å²) < 4.78 is 43.2. The number of aromatic nitrogens is 3. The molecule has 3 aliphatic rings. The maximum Gasteiger partial charge on any atom is 0.412 e. The van der Waals surface area contributed by atoms with Crippen LogP contribution >= 0.6 is 11.3 Å². The van der Waals surface area contributed by atoms with Crippen molar-refractivity contribution >= 4 is 49.4 Å². The van der Waals surface area contributed by atoms with Crippen LogP contribution in [0.3, 0.4) is 0 Å². The Morgan fingerprint density at radius 1 is 1.17 bits per heavy atom. The molecule has 0 spiro atoms. The summed E-state index contributed by atoms with van der Waals surface area (Å²) in [4.78, 5) is 33.1. The number of thiophene rings is 1. The minimum atomic E-state index is -0.795. The molecule has 0 bridgehead atoms. The molecular weight excluding hydrogens is 614 g/mol. The van der Waals surface area contributed by atoms with E-state index in [2.05, 4.69) is 50.1 Å². The van der Waals surface area contributed by atoms with Crippen molar-refractivity contribution in [3.63, 3.8) is 0 Å². The molecule has 0 saturated carbocycles. The first-order valence-corrected chi connectivity index (χ1v) is 16.0. The van der Waals surface area contributed by atoms with Gasteiger partial charge in [0.1, 0.15) is 22.2 Å². The van der Waals surface area contributed by atoms with Crippen molar-refractivity contribution in [3.8, 4) is 17.3 Å². The molecule has 14 heteroatoms. The molecular formula is C32H34F2N8O3S. The van der Waals surface area contributed by atoms with E-state index in [1.54, 1.807) is 27.0 Å². The summed E-state index contributed by atoms with van der Waals surface area (Å²) in [5, 5.41) is 13.5. The van der Waals surface area contributed by atoms with Gasteiger partial charge < -0.3 is 19.3 Å². The molecule has 0 unspecified atom stereocenters. The van der Waals surface area contributed by atoms with Gasteiger partial charge in [0.2, 0.25) is 5.95 Å². The summed E-state index contributed by atoms with van der Waals surface area (Å²) in [5.74, 6) is -0.899. The fraction of sp³-hybridized carbons (Fsp3) is 0.469. The summed E-state index contributed by atoms with van der Waals surface area (Å²) in [7, 11) is 4.20. The van der Waals surface area contributed by atoms with E-state index in [0.717, 1.165) is 55.7 Å². The van der Waals surface area contributed by atoms with E-state index in [-0.39, 0.29) is 50.6 Å². The van der Waals surface area contributed by atoms with Gasteiger partial charge in [0, 0.05) is 60.8 Å². The fourth-order valence-corrected chi connectivity index (χ4v) is 7.53. The number of nitrogens with zero attached hydrogens (tertiary/aromatic N) is 7. The van der Waals surface area contributed by atoms with Crippen LogP contribution in [-0.4, -0.2) is 88.8 Å². The Balaban J connectivity index is 1.30. The predicted octanol–water partition coefficient (Wildman–Crippen LogP) is 5.26. The number of benzene rings is 1. The van der Waals surface area contributed by atoms with E-state index in [1.807, 2.05) is 0 Å². The van der Waals surface area contributed by atoms with Crippen LogP contribution in [0.1, 0.15) is 43.9 Å². The first-order valence-electron chi connectivity index (χ1n) is 15.2. The molecule has 240 valence electrons. The Labute approximate surface area is 268 Å². The zero-order valence-electron chi connectivity index (χ0n) is 26.3. The number of anilines is 2. The van der Waals surface area contributed by atoms with Gasteiger partial charge in [-0.2, -0.15) is 5.26 Å². The molecule has 1 N–H and O–H groups in total. The van der Waals surface area contributed by atoms with Crippen molar-refractivity contribution in [3.05, 3.63) is 40.7 Å². The number of amides is 1. The van der Waals surface area contributed by atoms with Gasteiger partial charge in [0.15, 0.2) is 11.6 Å². The molecule has 3 aliphatic heterocycles. The molecule has 1 aromatic carbocycles. The highest BCUT2D eigenvalue weighted by Gasteiger charge is 2.38. The molecule has 46 heavy (non-hydrogen) atoms. The van der Waals surface area contributed by atoms with Crippen LogP contribution in [0.4, 0.5) is 24.5 Å². The van der Waals surface area contributed by atoms with E-state index < -0.39 is 23.3 Å². The largest absolute Gasteiger partial charge is 0.444 e. The summed E-state index contributed by atoms with van der Waals surface area (Å²) in [5.41, 5.74) is 0.750. The number of hydrogen-bond acceptors (Lipinski definition) is 11. The normalized spacial score (nSPS) is 18.8. The number of likely N-dealkylation sites (N-methyl/N-ethyl adjacent to an activating group) is 1.